The second-order valence-electron chi connectivity index (χ2n) is 4.97. The number of ether oxygens (including phenoxy) is 1. The van der Waals surface area contributed by atoms with Gasteiger partial charge in [-0.2, -0.15) is 0 Å². The predicted molar refractivity (Wildman–Crippen MR) is 73.3 cm³/mol. The maximum absolute atomic E-state index is 11.0. The Morgan fingerprint density at radius 1 is 1.20 bits per heavy atom. The molecule has 2 N–H and O–H groups in total. The normalized spacial score (nSPS) is 13.7. The third-order valence-electron chi connectivity index (χ3n) is 2.97. The van der Waals surface area contributed by atoms with Gasteiger partial charge in [-0.05, 0) is 17.9 Å². The van der Waals surface area contributed by atoms with Crippen molar-refractivity contribution in [2.24, 2.45) is 11.8 Å². The van der Waals surface area contributed by atoms with E-state index in [1.807, 2.05) is 37.3 Å². The Bertz CT molecular complexity index is 429. The van der Waals surface area contributed by atoms with Gasteiger partial charge in [-0.3, -0.25) is 9.59 Å². The Balaban J connectivity index is 2.32. The number of rotatable bonds is 9. The van der Waals surface area contributed by atoms with Crippen LogP contribution in [0.5, 0.6) is 0 Å². The molecule has 2 atom stereocenters. The lowest BCUT2D eigenvalue weighted by atomic mass is 9.93. The first-order valence-electron chi connectivity index (χ1n) is 6.55. The van der Waals surface area contributed by atoms with E-state index < -0.39 is 17.9 Å². The van der Waals surface area contributed by atoms with Crippen molar-refractivity contribution in [3.05, 3.63) is 35.9 Å². The Morgan fingerprint density at radius 3 is 2.40 bits per heavy atom. The maximum Gasteiger partial charge on any atom is 0.307 e. The number of carbonyl (C=O) groups is 2. The van der Waals surface area contributed by atoms with Crippen LogP contribution in [-0.2, 0) is 20.9 Å². The number of hydrogen-bond acceptors (Lipinski definition) is 3. The lowest BCUT2D eigenvalue weighted by molar-refractivity contribution is -0.149. The highest BCUT2D eigenvalue weighted by molar-refractivity contribution is 5.77. The van der Waals surface area contributed by atoms with Crippen molar-refractivity contribution < 1.29 is 24.5 Å². The van der Waals surface area contributed by atoms with Gasteiger partial charge in [-0.25, -0.2) is 0 Å². The van der Waals surface area contributed by atoms with Crippen molar-refractivity contribution in [3.63, 3.8) is 0 Å². The van der Waals surface area contributed by atoms with Crippen LogP contribution in [0.2, 0.25) is 0 Å². The van der Waals surface area contributed by atoms with Gasteiger partial charge in [0.2, 0.25) is 0 Å². The summed E-state index contributed by atoms with van der Waals surface area (Å²) in [6.45, 7) is 2.75. The average Bonchev–Trinajstić information content (AvgIpc) is 2.38. The van der Waals surface area contributed by atoms with E-state index in [1.54, 1.807) is 0 Å². The third-order valence-corrected chi connectivity index (χ3v) is 2.97. The fraction of sp³-hybridized carbons (Fsp3) is 0.467. The number of aliphatic carboxylic acids is 2. The first-order chi connectivity index (χ1) is 9.49. The van der Waals surface area contributed by atoms with E-state index in [1.165, 1.54) is 0 Å². The molecular weight excluding hydrogens is 260 g/mol. The van der Waals surface area contributed by atoms with E-state index in [2.05, 4.69) is 0 Å². The van der Waals surface area contributed by atoms with Gasteiger partial charge in [0.1, 0.15) is 0 Å². The Labute approximate surface area is 118 Å². The van der Waals surface area contributed by atoms with Gasteiger partial charge in [0.05, 0.1) is 18.9 Å². The van der Waals surface area contributed by atoms with E-state index in [-0.39, 0.29) is 12.3 Å². The molecule has 110 valence electrons. The topological polar surface area (TPSA) is 83.8 Å². The van der Waals surface area contributed by atoms with Crippen molar-refractivity contribution in [3.8, 4) is 0 Å². The van der Waals surface area contributed by atoms with Crippen LogP contribution in [0.1, 0.15) is 25.3 Å². The Hall–Kier alpha value is -1.88. The van der Waals surface area contributed by atoms with Gasteiger partial charge >= 0.3 is 11.9 Å². The third kappa shape index (κ3) is 6.33. The highest BCUT2D eigenvalue weighted by atomic mass is 16.5. The smallest absolute Gasteiger partial charge is 0.307 e. The highest BCUT2D eigenvalue weighted by Crippen LogP contribution is 2.17. The van der Waals surface area contributed by atoms with Gasteiger partial charge < -0.3 is 14.9 Å². The van der Waals surface area contributed by atoms with Gasteiger partial charge in [-0.15, -0.1) is 0 Å². The minimum Gasteiger partial charge on any atom is -0.481 e. The lowest BCUT2D eigenvalue weighted by Gasteiger charge is -2.16. The summed E-state index contributed by atoms with van der Waals surface area (Å²) < 4.78 is 5.53. The summed E-state index contributed by atoms with van der Waals surface area (Å²) in [5.74, 6) is -3.01. The van der Waals surface area contributed by atoms with Crippen molar-refractivity contribution in [2.45, 2.75) is 26.4 Å². The molecule has 0 aliphatic rings. The summed E-state index contributed by atoms with van der Waals surface area (Å²) >= 11 is 0. The standard InChI is InChI=1S/C15H20O5/c1-11(7-13(15(18)19)8-14(16)17)9-20-10-12-5-3-2-4-6-12/h2-6,11,13H,7-10H2,1H3,(H,16,17)(H,18,19). The fourth-order valence-corrected chi connectivity index (χ4v) is 1.99. The molecule has 20 heavy (non-hydrogen) atoms. The van der Waals surface area contributed by atoms with Gasteiger partial charge in [0.25, 0.3) is 0 Å². The molecule has 0 heterocycles. The van der Waals surface area contributed by atoms with Gasteiger partial charge in [0.15, 0.2) is 0 Å². The largest absolute Gasteiger partial charge is 0.481 e. The number of benzene rings is 1. The molecule has 5 heteroatoms. The van der Waals surface area contributed by atoms with Crippen molar-refractivity contribution in [2.75, 3.05) is 6.61 Å². The lowest BCUT2D eigenvalue weighted by Crippen LogP contribution is -2.22. The molecule has 5 nitrogen and oxygen atoms in total. The quantitative estimate of drug-likeness (QED) is 0.725. The second-order valence-corrected chi connectivity index (χ2v) is 4.97. The van der Waals surface area contributed by atoms with E-state index in [4.69, 9.17) is 14.9 Å². The van der Waals surface area contributed by atoms with Crippen LogP contribution in [0.25, 0.3) is 0 Å². The van der Waals surface area contributed by atoms with Crippen LogP contribution in [0.15, 0.2) is 30.3 Å². The summed E-state index contributed by atoms with van der Waals surface area (Å²) in [6.07, 6.45) is -0.0468. The molecular formula is C15H20O5. The molecule has 0 aromatic heterocycles. The molecule has 1 aromatic carbocycles. The zero-order valence-corrected chi connectivity index (χ0v) is 11.5. The zero-order chi connectivity index (χ0) is 15.0. The molecule has 0 spiro atoms. The Kier molecular flexibility index (Phi) is 6.73. The molecule has 0 fully saturated rings. The number of carboxylic acid groups (broad SMARTS) is 2. The summed E-state index contributed by atoms with van der Waals surface area (Å²) in [5, 5.41) is 17.6. The van der Waals surface area contributed by atoms with Crippen LogP contribution in [0.3, 0.4) is 0 Å². The number of hydrogen-bond donors (Lipinski definition) is 2. The summed E-state index contributed by atoms with van der Waals surface area (Å²) in [7, 11) is 0. The van der Waals surface area contributed by atoms with Crippen molar-refractivity contribution in [1.29, 1.82) is 0 Å². The van der Waals surface area contributed by atoms with Crippen LogP contribution in [0, 0.1) is 11.8 Å². The van der Waals surface area contributed by atoms with Crippen LogP contribution >= 0.6 is 0 Å². The fourth-order valence-electron chi connectivity index (χ4n) is 1.99. The minimum atomic E-state index is -1.09. The molecule has 2 unspecified atom stereocenters. The summed E-state index contributed by atoms with van der Waals surface area (Å²) in [4.78, 5) is 21.6. The van der Waals surface area contributed by atoms with E-state index >= 15 is 0 Å². The van der Waals surface area contributed by atoms with Gasteiger partial charge in [0, 0.05) is 6.61 Å². The number of carboxylic acids is 2. The predicted octanol–water partition coefficient (Wildman–Crippen LogP) is 2.40. The molecule has 0 bridgehead atoms. The maximum atomic E-state index is 11.0. The average molecular weight is 280 g/mol. The first-order valence-corrected chi connectivity index (χ1v) is 6.55. The SMILES string of the molecule is CC(COCc1ccccc1)CC(CC(=O)O)C(=O)O. The van der Waals surface area contributed by atoms with Crippen molar-refractivity contribution in [1.82, 2.24) is 0 Å². The van der Waals surface area contributed by atoms with Crippen molar-refractivity contribution >= 4 is 11.9 Å². The molecule has 0 radical (unpaired) electrons. The summed E-state index contributed by atoms with van der Waals surface area (Å²) in [6, 6.07) is 9.69. The zero-order valence-electron chi connectivity index (χ0n) is 11.5. The van der Waals surface area contributed by atoms with Crippen LogP contribution in [0.4, 0.5) is 0 Å². The Morgan fingerprint density at radius 2 is 1.85 bits per heavy atom. The molecule has 0 amide bonds. The molecule has 0 aliphatic carbocycles. The van der Waals surface area contributed by atoms with E-state index in [9.17, 15) is 9.59 Å². The molecule has 0 saturated carbocycles. The second kappa shape index (κ2) is 8.32. The highest BCUT2D eigenvalue weighted by Gasteiger charge is 2.23. The van der Waals surface area contributed by atoms with E-state index in [0.29, 0.717) is 19.6 Å². The van der Waals surface area contributed by atoms with Crippen LogP contribution in [-0.4, -0.2) is 28.8 Å². The minimum absolute atomic E-state index is 0.000776. The summed E-state index contributed by atoms with van der Waals surface area (Å²) in [5.41, 5.74) is 1.06. The first kappa shape index (κ1) is 16.2. The molecule has 0 aliphatic heterocycles. The molecule has 1 aromatic rings. The van der Waals surface area contributed by atoms with Gasteiger partial charge in [-0.1, -0.05) is 37.3 Å². The van der Waals surface area contributed by atoms with E-state index in [0.717, 1.165) is 5.56 Å². The monoisotopic (exact) mass is 280 g/mol. The molecule has 1 rings (SSSR count). The van der Waals surface area contributed by atoms with Crippen LogP contribution < -0.4 is 0 Å². The molecule has 0 saturated heterocycles.